The number of halogens is 6. The number of alkyl halides is 2. The molecule has 2 N–H and O–H groups in total. The van der Waals surface area contributed by atoms with Crippen molar-refractivity contribution in [3.05, 3.63) is 85.3 Å². The Morgan fingerprint density at radius 1 is 0.892 bits per heavy atom. The number of hydrogen-bond acceptors (Lipinski definition) is 3. The first-order chi connectivity index (χ1) is 17.4. The van der Waals surface area contributed by atoms with E-state index in [2.05, 4.69) is 10.6 Å². The fourth-order valence-electron chi connectivity index (χ4n) is 4.29. The Bertz CT molecular complexity index is 1390. The monoisotopic (exact) mass is 617 g/mol. The van der Waals surface area contributed by atoms with Crippen molar-refractivity contribution < 1.29 is 9.59 Å². The minimum atomic E-state index is -1.37. The molecule has 0 heterocycles. The predicted molar refractivity (Wildman–Crippen MR) is 156 cm³/mol. The Hall–Kier alpha value is -1.86. The number of nitrogens with zero attached hydrogens (tertiary/aromatic N) is 1. The van der Waals surface area contributed by atoms with Crippen molar-refractivity contribution in [2.24, 2.45) is 5.92 Å². The zero-order valence-corrected chi connectivity index (χ0v) is 24.3. The van der Waals surface area contributed by atoms with Crippen molar-refractivity contribution in [3.63, 3.8) is 0 Å². The van der Waals surface area contributed by atoms with Gasteiger partial charge in [0.05, 0.1) is 31.6 Å². The van der Waals surface area contributed by atoms with Crippen molar-refractivity contribution in [2.75, 3.05) is 29.6 Å². The van der Waals surface area contributed by atoms with E-state index in [4.69, 9.17) is 69.6 Å². The minimum absolute atomic E-state index is 0.208. The third kappa shape index (κ3) is 5.49. The molecular weight excluding hydrogens is 599 g/mol. The molecule has 5 nitrogen and oxygen atoms in total. The van der Waals surface area contributed by atoms with Crippen molar-refractivity contribution in [1.29, 1.82) is 0 Å². The van der Waals surface area contributed by atoms with E-state index < -0.39 is 22.1 Å². The molecule has 194 valence electrons. The Morgan fingerprint density at radius 2 is 1.51 bits per heavy atom. The second kappa shape index (κ2) is 10.7. The van der Waals surface area contributed by atoms with Crippen molar-refractivity contribution in [3.8, 4) is 0 Å². The molecule has 1 saturated carbocycles. The molecule has 1 aliphatic carbocycles. The van der Waals surface area contributed by atoms with Crippen LogP contribution in [-0.4, -0.2) is 30.2 Å². The Morgan fingerprint density at radius 3 is 2.11 bits per heavy atom. The van der Waals surface area contributed by atoms with Gasteiger partial charge in [0.2, 0.25) is 5.91 Å². The minimum Gasteiger partial charge on any atom is -0.388 e. The molecular formula is C26H21Cl6N3O2. The summed E-state index contributed by atoms with van der Waals surface area (Å²) in [7, 11) is 3.49. The third-order valence-electron chi connectivity index (χ3n) is 6.32. The second-order valence-electron chi connectivity index (χ2n) is 8.73. The molecule has 4 rings (SSSR count). The highest BCUT2D eigenvalue weighted by atomic mass is 35.5. The number of carbonyl (C=O) groups excluding carboxylic acids is 2. The highest BCUT2D eigenvalue weighted by Crippen LogP contribution is 2.65. The summed E-state index contributed by atoms with van der Waals surface area (Å²) in [4.78, 5) is 28.0. The Kier molecular flexibility index (Phi) is 8.16. The molecule has 2 atom stereocenters. The van der Waals surface area contributed by atoms with Crippen molar-refractivity contribution in [2.45, 2.75) is 17.2 Å². The summed E-state index contributed by atoms with van der Waals surface area (Å²) in [5, 5.41) is 6.79. The average Bonchev–Trinajstić information content (AvgIpc) is 3.44. The number of hydrogen-bond donors (Lipinski definition) is 2. The van der Waals surface area contributed by atoms with Crippen LogP contribution in [0.2, 0.25) is 20.1 Å². The smallest absolute Gasteiger partial charge is 0.259 e. The van der Waals surface area contributed by atoms with E-state index in [0.29, 0.717) is 11.3 Å². The number of nitrogens with one attached hydrogen (secondary N) is 2. The Labute approximate surface area is 244 Å². The molecule has 0 bridgehead atoms. The number of amides is 2. The molecule has 0 unspecified atom stereocenters. The highest BCUT2D eigenvalue weighted by molar-refractivity contribution is 6.54. The van der Waals surface area contributed by atoms with Gasteiger partial charge < -0.3 is 15.5 Å². The van der Waals surface area contributed by atoms with Crippen LogP contribution >= 0.6 is 69.6 Å². The molecule has 3 aromatic carbocycles. The second-order valence-corrected chi connectivity index (χ2v) is 11.8. The maximum Gasteiger partial charge on any atom is 0.259 e. The van der Waals surface area contributed by atoms with E-state index in [1.807, 2.05) is 32.2 Å². The molecule has 11 heteroatoms. The van der Waals surface area contributed by atoms with E-state index >= 15 is 0 Å². The van der Waals surface area contributed by atoms with E-state index in [1.54, 1.807) is 31.3 Å². The van der Waals surface area contributed by atoms with Gasteiger partial charge in [-0.3, -0.25) is 9.59 Å². The van der Waals surface area contributed by atoms with Crippen LogP contribution in [0.4, 0.5) is 17.1 Å². The van der Waals surface area contributed by atoms with Crippen LogP contribution in [0.1, 0.15) is 27.4 Å². The molecule has 0 aromatic heterocycles. The molecule has 0 spiro atoms. The number of carbonyl (C=O) groups is 2. The van der Waals surface area contributed by atoms with E-state index in [0.717, 1.165) is 16.9 Å². The summed E-state index contributed by atoms with van der Waals surface area (Å²) in [5.74, 6) is -2.09. The largest absolute Gasteiger partial charge is 0.388 e. The molecule has 1 fully saturated rings. The van der Waals surface area contributed by atoms with Gasteiger partial charge in [-0.05, 0) is 66.6 Å². The topological polar surface area (TPSA) is 61.4 Å². The first-order valence-electron chi connectivity index (χ1n) is 11.1. The lowest BCUT2D eigenvalue weighted by Gasteiger charge is -2.21. The van der Waals surface area contributed by atoms with E-state index in [1.165, 1.54) is 11.0 Å². The summed E-state index contributed by atoms with van der Waals surface area (Å²) >= 11 is 37.6. The summed E-state index contributed by atoms with van der Waals surface area (Å²) in [6.07, 6.45) is 0. The fraction of sp³-hybridized carbons (Fsp3) is 0.231. The third-order valence-corrected chi connectivity index (χ3v) is 8.78. The molecule has 1 aliphatic rings. The molecule has 2 amide bonds. The summed E-state index contributed by atoms with van der Waals surface area (Å²) < 4.78 is -1.37. The highest BCUT2D eigenvalue weighted by Gasteiger charge is 2.67. The SMILES string of the molecule is CNc1ccc(N(C)C(=O)c2cc(NC(=O)[C@H]3[C@H](c4cc(Cl)c(Cl)c(Cl)c4)C3(Cl)Cl)ccc2Cl)c(C)c1. The lowest BCUT2D eigenvalue weighted by atomic mass is 10.1. The number of aryl methyl sites for hydroxylation is 1. The van der Waals surface area contributed by atoms with Crippen LogP contribution in [0.5, 0.6) is 0 Å². The molecule has 0 saturated heterocycles. The van der Waals surface area contributed by atoms with Crippen LogP contribution in [0.15, 0.2) is 48.5 Å². The van der Waals surface area contributed by atoms with Crippen LogP contribution in [0.3, 0.4) is 0 Å². The summed E-state index contributed by atoms with van der Waals surface area (Å²) in [6.45, 7) is 1.91. The van der Waals surface area contributed by atoms with Crippen LogP contribution in [-0.2, 0) is 4.79 Å². The molecule has 0 radical (unpaired) electrons. The maximum absolute atomic E-state index is 13.3. The van der Waals surface area contributed by atoms with Crippen LogP contribution < -0.4 is 15.5 Å². The number of rotatable bonds is 6. The number of benzene rings is 3. The maximum atomic E-state index is 13.3. The predicted octanol–water partition coefficient (Wildman–Crippen LogP) is 8.45. The first-order valence-corrected chi connectivity index (χ1v) is 13.3. The molecule has 3 aromatic rings. The van der Waals surface area contributed by atoms with Crippen molar-refractivity contribution >= 4 is 98.5 Å². The van der Waals surface area contributed by atoms with Crippen LogP contribution in [0, 0.1) is 12.8 Å². The fourth-order valence-corrected chi connectivity index (χ4v) is 5.93. The lowest BCUT2D eigenvalue weighted by Crippen LogP contribution is -2.27. The van der Waals surface area contributed by atoms with Gasteiger partial charge in [-0.1, -0.05) is 46.4 Å². The normalized spacial score (nSPS) is 17.8. The van der Waals surface area contributed by atoms with Gasteiger partial charge in [0, 0.05) is 37.1 Å². The van der Waals surface area contributed by atoms with Gasteiger partial charge >= 0.3 is 0 Å². The zero-order valence-electron chi connectivity index (χ0n) is 19.8. The zero-order chi connectivity index (χ0) is 27.2. The summed E-state index contributed by atoms with van der Waals surface area (Å²) in [5.41, 5.74) is 3.76. The standard InChI is InChI=1S/C26H21Cl6N3O2/c1-12-8-14(33-2)5-7-20(12)35(3)25(37)16-11-15(4-6-17(16)27)34-24(36)22-21(26(22,31)32)13-9-18(28)23(30)19(29)10-13/h4-11,21-22,33H,1-3H3,(H,34,36)/t21-,22+/m0/s1. The molecule has 37 heavy (non-hydrogen) atoms. The van der Waals surface area contributed by atoms with Gasteiger partial charge in [0.1, 0.15) is 4.33 Å². The van der Waals surface area contributed by atoms with E-state index in [-0.39, 0.29) is 31.6 Å². The lowest BCUT2D eigenvalue weighted by molar-refractivity contribution is -0.117. The van der Waals surface area contributed by atoms with Gasteiger partial charge in [-0.2, -0.15) is 0 Å². The van der Waals surface area contributed by atoms with Gasteiger partial charge in [-0.15, -0.1) is 23.2 Å². The Balaban J connectivity index is 1.55. The van der Waals surface area contributed by atoms with Gasteiger partial charge in [0.15, 0.2) is 0 Å². The van der Waals surface area contributed by atoms with Gasteiger partial charge in [0.25, 0.3) is 5.91 Å². The number of anilines is 3. The molecule has 0 aliphatic heterocycles. The average molecular weight is 620 g/mol. The van der Waals surface area contributed by atoms with Crippen molar-refractivity contribution in [1.82, 2.24) is 0 Å². The van der Waals surface area contributed by atoms with E-state index in [9.17, 15) is 9.59 Å². The van der Waals surface area contributed by atoms with Gasteiger partial charge in [-0.25, -0.2) is 0 Å². The quantitative estimate of drug-likeness (QED) is 0.215. The summed E-state index contributed by atoms with van der Waals surface area (Å²) in [6, 6.07) is 13.5. The van der Waals surface area contributed by atoms with Crippen LogP contribution in [0.25, 0.3) is 0 Å². The first kappa shape index (κ1) is 28.2.